The van der Waals surface area contributed by atoms with Crippen LogP contribution in [-0.4, -0.2) is 109 Å². The number of carbonyl (C=O) groups excluding carboxylic acids is 1. The number of hydrogen-bond donors (Lipinski definition) is 8. The molecule has 11 heteroatoms. The monoisotopic (exact) mass is 680 g/mol. The highest BCUT2D eigenvalue weighted by molar-refractivity contribution is 5.71. The zero-order valence-electron chi connectivity index (χ0n) is 29.5. The molecule has 5 aliphatic carbocycles. The Kier molecular flexibility index (Phi) is 9.12. The Balaban J connectivity index is 1.35. The van der Waals surface area contributed by atoms with Crippen molar-refractivity contribution in [1.82, 2.24) is 0 Å². The van der Waals surface area contributed by atoms with Crippen molar-refractivity contribution >= 4 is 5.97 Å². The molecule has 0 aromatic heterocycles. The topological polar surface area (TPSA) is 197 Å². The number of esters is 1. The lowest BCUT2D eigenvalue weighted by atomic mass is 9.32. The lowest BCUT2D eigenvalue weighted by molar-refractivity contribution is -0.294. The van der Waals surface area contributed by atoms with Crippen LogP contribution in [0.5, 0.6) is 0 Å². The summed E-state index contributed by atoms with van der Waals surface area (Å²) < 4.78 is 11.1. The first-order valence-corrected chi connectivity index (χ1v) is 18.2. The number of aliphatic hydroxyl groups excluding tert-OH is 7. The first kappa shape index (κ1) is 36.6. The molecule has 11 nitrogen and oxygen atoms in total. The zero-order chi connectivity index (χ0) is 35.4. The van der Waals surface area contributed by atoms with E-state index < -0.39 is 71.9 Å². The van der Waals surface area contributed by atoms with Crippen LogP contribution in [-0.2, 0) is 14.3 Å². The van der Waals surface area contributed by atoms with Gasteiger partial charge in [0.1, 0.15) is 24.4 Å². The van der Waals surface area contributed by atoms with Crippen LogP contribution in [0.15, 0.2) is 11.6 Å². The summed E-state index contributed by atoms with van der Waals surface area (Å²) in [7, 11) is 0. The maximum Gasteiger partial charge on any atom is 0.308 e. The lowest BCUT2D eigenvalue weighted by Crippen LogP contribution is -2.69. The molecule has 0 amide bonds. The fourth-order valence-electron chi connectivity index (χ4n) is 12.7. The Labute approximate surface area is 284 Å². The SMILES string of the molecule is C[C@@H]1CC[C@]2(CC(=O)O[C@H]3O[C@H](CO)[C@@H](O)[C@H](O)[C@H]3O)CC[C@]3(C)C(=CC[C@@H]4[C@@]5(C)C[C@@H](O)[C@H](O)[C@@](C)(CO)[C@H]5CC[C@]43C)[C@@H]2[C@]1(C)O. The molecule has 1 saturated heterocycles. The Morgan fingerprint density at radius 2 is 1.60 bits per heavy atom. The van der Waals surface area contributed by atoms with E-state index in [2.05, 4.69) is 33.8 Å². The van der Waals surface area contributed by atoms with Crippen molar-refractivity contribution in [1.29, 1.82) is 0 Å². The van der Waals surface area contributed by atoms with Crippen LogP contribution in [0.3, 0.4) is 0 Å². The van der Waals surface area contributed by atoms with E-state index >= 15 is 0 Å². The molecule has 48 heavy (non-hydrogen) atoms. The van der Waals surface area contributed by atoms with Gasteiger partial charge in [0.2, 0.25) is 6.29 Å². The number of allylic oxidation sites excluding steroid dienone is 1. The van der Waals surface area contributed by atoms with E-state index in [9.17, 15) is 45.6 Å². The summed E-state index contributed by atoms with van der Waals surface area (Å²) in [5.41, 5.74) is -2.26. The second kappa shape index (κ2) is 12.0. The quantitative estimate of drug-likeness (QED) is 0.156. The minimum atomic E-state index is -1.69. The molecule has 8 N–H and O–H groups in total. The van der Waals surface area contributed by atoms with Gasteiger partial charge in [0.05, 0.1) is 37.4 Å². The molecule has 274 valence electrons. The Morgan fingerprint density at radius 3 is 2.25 bits per heavy atom. The zero-order valence-corrected chi connectivity index (χ0v) is 29.5. The Hall–Kier alpha value is -1.15. The summed E-state index contributed by atoms with van der Waals surface area (Å²) in [6.45, 7) is 12.0. The van der Waals surface area contributed by atoms with Gasteiger partial charge in [0.15, 0.2) is 0 Å². The van der Waals surface area contributed by atoms with Crippen molar-refractivity contribution in [3.63, 3.8) is 0 Å². The van der Waals surface area contributed by atoms with Crippen LogP contribution in [0.25, 0.3) is 0 Å². The van der Waals surface area contributed by atoms with Gasteiger partial charge in [0.25, 0.3) is 0 Å². The minimum absolute atomic E-state index is 0.0259. The highest BCUT2D eigenvalue weighted by Gasteiger charge is 2.71. The van der Waals surface area contributed by atoms with Crippen molar-refractivity contribution in [3.05, 3.63) is 11.6 Å². The van der Waals surface area contributed by atoms with Crippen molar-refractivity contribution in [2.75, 3.05) is 13.2 Å². The molecule has 5 fully saturated rings. The van der Waals surface area contributed by atoms with Gasteiger partial charge in [-0.2, -0.15) is 0 Å². The van der Waals surface area contributed by atoms with Crippen LogP contribution in [0.4, 0.5) is 0 Å². The average molecular weight is 681 g/mol. The molecule has 0 radical (unpaired) electrons. The van der Waals surface area contributed by atoms with E-state index in [0.29, 0.717) is 19.3 Å². The maximum absolute atomic E-state index is 13.7. The Bertz CT molecular complexity index is 1290. The third-order valence-corrected chi connectivity index (χ3v) is 15.9. The van der Waals surface area contributed by atoms with Gasteiger partial charge in [-0.25, -0.2) is 0 Å². The van der Waals surface area contributed by atoms with E-state index in [-0.39, 0.29) is 52.9 Å². The molecule has 0 unspecified atom stereocenters. The predicted molar refractivity (Wildman–Crippen MR) is 174 cm³/mol. The van der Waals surface area contributed by atoms with Crippen molar-refractivity contribution in [2.45, 2.75) is 148 Å². The molecular formula is C37H60O11. The molecular weight excluding hydrogens is 620 g/mol. The van der Waals surface area contributed by atoms with Crippen LogP contribution in [0.1, 0.15) is 99.3 Å². The summed E-state index contributed by atoms with van der Waals surface area (Å²) in [5, 5.41) is 85.8. The van der Waals surface area contributed by atoms with Crippen LogP contribution >= 0.6 is 0 Å². The van der Waals surface area contributed by atoms with Crippen molar-refractivity contribution in [2.24, 2.45) is 50.7 Å². The largest absolute Gasteiger partial charge is 0.433 e. The first-order chi connectivity index (χ1) is 22.3. The molecule has 6 aliphatic rings. The first-order valence-electron chi connectivity index (χ1n) is 18.2. The van der Waals surface area contributed by atoms with Gasteiger partial charge in [-0.3, -0.25) is 4.79 Å². The highest BCUT2D eigenvalue weighted by atomic mass is 16.7. The highest BCUT2D eigenvalue weighted by Crippen LogP contribution is 2.76. The van der Waals surface area contributed by atoms with Gasteiger partial charge < -0.3 is 50.3 Å². The van der Waals surface area contributed by atoms with Gasteiger partial charge in [-0.05, 0) is 97.7 Å². The molecule has 17 atom stereocenters. The van der Waals surface area contributed by atoms with E-state index in [4.69, 9.17) is 9.47 Å². The van der Waals surface area contributed by atoms with E-state index in [1.807, 2.05) is 13.8 Å². The van der Waals surface area contributed by atoms with Crippen molar-refractivity contribution < 1.29 is 55.1 Å². The molecule has 4 saturated carbocycles. The van der Waals surface area contributed by atoms with Gasteiger partial charge in [0, 0.05) is 11.3 Å². The third kappa shape index (κ3) is 4.89. The summed E-state index contributed by atoms with van der Waals surface area (Å²) in [4.78, 5) is 13.7. The van der Waals surface area contributed by atoms with E-state index in [1.54, 1.807) is 0 Å². The van der Waals surface area contributed by atoms with Crippen LogP contribution in [0.2, 0.25) is 0 Å². The summed E-state index contributed by atoms with van der Waals surface area (Å²) in [6, 6.07) is 0. The molecule has 1 aliphatic heterocycles. The molecule has 1 heterocycles. The molecule has 6 rings (SSSR count). The summed E-state index contributed by atoms with van der Waals surface area (Å²) in [5.74, 6) is -0.813. The normalized spacial score (nSPS) is 56.5. The van der Waals surface area contributed by atoms with E-state index in [0.717, 1.165) is 32.1 Å². The number of aliphatic hydroxyl groups is 8. The molecule has 0 aromatic rings. The maximum atomic E-state index is 13.7. The standard InChI is InChI=1S/C37H60O11/c1-19-9-12-37(16-25(41)48-31-28(44)27(43)26(42)22(17-38)47-31)14-13-34(4)20(29(37)36(19,6)46)7-8-24-32(2)15-21(40)30(45)33(3,18-39)23(32)10-11-35(24,34)5/h7,19,21-24,26-31,38-40,42-46H,8-18H2,1-6H3/t19-,21-,22-,23+,24-,26-,27+,28-,29-,30+,31-,32+,33+,34-,35-,36-,37-/m1/s1. The Morgan fingerprint density at radius 1 is 0.917 bits per heavy atom. The molecule has 0 aromatic carbocycles. The predicted octanol–water partition coefficient (Wildman–Crippen LogP) is 1.80. The van der Waals surface area contributed by atoms with Crippen LogP contribution in [0, 0.1) is 50.7 Å². The number of ether oxygens (including phenoxy) is 2. The number of hydrogen-bond acceptors (Lipinski definition) is 11. The number of rotatable bonds is 5. The van der Waals surface area contributed by atoms with Crippen LogP contribution < -0.4 is 0 Å². The fourth-order valence-corrected chi connectivity index (χ4v) is 12.7. The average Bonchev–Trinajstić information content (AvgIpc) is 3.02. The van der Waals surface area contributed by atoms with Gasteiger partial charge >= 0.3 is 5.97 Å². The van der Waals surface area contributed by atoms with Gasteiger partial charge in [-0.15, -0.1) is 0 Å². The number of fused-ring (bicyclic) bond motifs is 7. The molecule has 0 spiro atoms. The summed E-state index contributed by atoms with van der Waals surface area (Å²) in [6.07, 6.45) is -1.57. The smallest absolute Gasteiger partial charge is 0.308 e. The van der Waals surface area contributed by atoms with Gasteiger partial charge in [-0.1, -0.05) is 46.3 Å². The summed E-state index contributed by atoms with van der Waals surface area (Å²) >= 11 is 0. The van der Waals surface area contributed by atoms with E-state index in [1.165, 1.54) is 5.57 Å². The lowest BCUT2D eigenvalue weighted by Gasteiger charge is -2.72. The molecule has 0 bridgehead atoms. The minimum Gasteiger partial charge on any atom is -0.433 e. The second-order valence-corrected chi connectivity index (χ2v) is 18.0. The van der Waals surface area contributed by atoms with Crippen molar-refractivity contribution in [3.8, 4) is 0 Å². The second-order valence-electron chi connectivity index (χ2n) is 18.0. The third-order valence-electron chi connectivity index (χ3n) is 15.9. The number of carbonyl (C=O) groups is 1. The fraction of sp³-hybridized carbons (Fsp3) is 0.919.